The molecule has 1 aliphatic carbocycles. The molecule has 3 amide bonds. The van der Waals surface area contributed by atoms with Crippen LogP contribution in [0.2, 0.25) is 5.02 Å². The third-order valence-corrected chi connectivity index (χ3v) is 6.86. The van der Waals surface area contributed by atoms with Gasteiger partial charge in [0, 0.05) is 22.5 Å². The first-order chi connectivity index (χ1) is 16.0. The first-order valence-electron chi connectivity index (χ1n) is 11.3. The van der Waals surface area contributed by atoms with Gasteiger partial charge in [-0.3, -0.25) is 9.69 Å². The molecule has 8 heteroatoms. The molecule has 3 aromatic rings. The van der Waals surface area contributed by atoms with E-state index < -0.39 is 0 Å². The molecule has 2 aliphatic rings. The predicted octanol–water partition coefficient (Wildman–Crippen LogP) is 4.96. The van der Waals surface area contributed by atoms with E-state index in [1.807, 2.05) is 24.3 Å². The number of hydrogen-bond donors (Lipinski definition) is 1. The van der Waals surface area contributed by atoms with Crippen LogP contribution in [-0.2, 0) is 17.8 Å². The van der Waals surface area contributed by atoms with Crippen LogP contribution < -0.4 is 5.32 Å². The number of carbonyl (C=O) groups is 2. The van der Waals surface area contributed by atoms with Crippen LogP contribution in [0.25, 0.3) is 11.4 Å². The number of imide groups is 1. The number of fused-ring (bicyclic) bond motifs is 1. The predicted molar refractivity (Wildman–Crippen MR) is 124 cm³/mol. The fraction of sp³-hybridized carbons (Fsp3) is 0.360. The zero-order valence-electron chi connectivity index (χ0n) is 18.3. The van der Waals surface area contributed by atoms with Gasteiger partial charge in [-0.1, -0.05) is 60.1 Å². The lowest BCUT2D eigenvalue weighted by Gasteiger charge is -2.41. The van der Waals surface area contributed by atoms with E-state index in [1.165, 1.54) is 10.5 Å². The second-order valence-electron chi connectivity index (χ2n) is 8.73. The lowest BCUT2D eigenvalue weighted by molar-refractivity contribution is -0.137. The van der Waals surface area contributed by atoms with Gasteiger partial charge in [-0.25, -0.2) is 4.79 Å². The minimum atomic E-state index is -0.371. The molecule has 1 saturated carbocycles. The van der Waals surface area contributed by atoms with Crippen molar-refractivity contribution < 1.29 is 14.1 Å². The first kappa shape index (κ1) is 21.6. The Morgan fingerprint density at radius 3 is 2.70 bits per heavy atom. The van der Waals surface area contributed by atoms with E-state index in [4.69, 9.17) is 16.1 Å². The smallest absolute Gasteiger partial charge is 0.324 e. The molecular formula is C25H25ClN4O3. The van der Waals surface area contributed by atoms with Gasteiger partial charge in [-0.05, 0) is 48.9 Å². The molecule has 0 radical (unpaired) electrons. The Hall–Kier alpha value is -3.19. The zero-order chi connectivity index (χ0) is 22.9. The molecule has 0 spiro atoms. The Balaban J connectivity index is 1.27. The van der Waals surface area contributed by atoms with E-state index in [-0.39, 0.29) is 36.4 Å². The second-order valence-corrected chi connectivity index (χ2v) is 9.17. The molecule has 7 nitrogen and oxygen atoms in total. The van der Waals surface area contributed by atoms with Crippen molar-refractivity contribution in [2.45, 2.75) is 51.1 Å². The number of amides is 3. The van der Waals surface area contributed by atoms with E-state index in [0.717, 1.165) is 24.0 Å². The summed E-state index contributed by atoms with van der Waals surface area (Å²) in [5.41, 5.74) is 2.99. The van der Waals surface area contributed by atoms with Crippen LogP contribution in [-0.4, -0.2) is 33.0 Å². The van der Waals surface area contributed by atoms with Gasteiger partial charge in [0.05, 0.1) is 12.5 Å². The number of aromatic nitrogens is 2. The largest absolute Gasteiger partial charge is 0.339 e. The fourth-order valence-corrected chi connectivity index (χ4v) is 4.98. The van der Waals surface area contributed by atoms with E-state index in [9.17, 15) is 9.59 Å². The van der Waals surface area contributed by atoms with Crippen LogP contribution in [0.1, 0.15) is 49.1 Å². The summed E-state index contributed by atoms with van der Waals surface area (Å²) in [6, 6.07) is 14.7. The van der Waals surface area contributed by atoms with Crippen molar-refractivity contribution >= 4 is 23.5 Å². The van der Waals surface area contributed by atoms with Crippen molar-refractivity contribution in [2.75, 3.05) is 0 Å². The molecular weight excluding hydrogens is 440 g/mol. The van der Waals surface area contributed by atoms with E-state index >= 15 is 0 Å². The van der Waals surface area contributed by atoms with Crippen molar-refractivity contribution in [1.82, 2.24) is 20.4 Å². The quantitative estimate of drug-likeness (QED) is 0.576. The molecule has 1 saturated heterocycles. The number of carbonyl (C=O) groups excluding carboxylic acids is 2. The molecule has 1 aliphatic heterocycles. The SMILES string of the molecule is CCc1ccc(-c2noc(C3CCC4C(=O)N(Cc5cccc(Cl)c5)C(=O)NC4C3)n2)cc1. The summed E-state index contributed by atoms with van der Waals surface area (Å²) in [5, 5.41) is 7.77. The first-order valence-corrected chi connectivity index (χ1v) is 11.7. The van der Waals surface area contributed by atoms with Gasteiger partial charge in [0.25, 0.3) is 0 Å². The maximum atomic E-state index is 13.1. The van der Waals surface area contributed by atoms with Crippen LogP contribution in [0.15, 0.2) is 53.1 Å². The maximum absolute atomic E-state index is 13.1. The molecule has 33 heavy (non-hydrogen) atoms. The number of hydrogen-bond acceptors (Lipinski definition) is 5. The summed E-state index contributed by atoms with van der Waals surface area (Å²) in [7, 11) is 0. The lowest BCUT2D eigenvalue weighted by atomic mass is 9.76. The molecule has 5 rings (SSSR count). The van der Waals surface area contributed by atoms with Crippen LogP contribution >= 0.6 is 11.6 Å². The van der Waals surface area contributed by atoms with Gasteiger partial charge in [0.15, 0.2) is 0 Å². The molecule has 3 atom stereocenters. The topological polar surface area (TPSA) is 88.3 Å². The van der Waals surface area contributed by atoms with Crippen LogP contribution in [0, 0.1) is 5.92 Å². The number of nitrogens with zero attached hydrogens (tertiary/aromatic N) is 3. The van der Waals surface area contributed by atoms with Gasteiger partial charge in [-0.15, -0.1) is 0 Å². The van der Waals surface area contributed by atoms with Crippen molar-refractivity contribution in [3.8, 4) is 11.4 Å². The van der Waals surface area contributed by atoms with Crippen molar-refractivity contribution in [2.24, 2.45) is 5.92 Å². The maximum Gasteiger partial charge on any atom is 0.324 e. The van der Waals surface area contributed by atoms with Crippen molar-refractivity contribution in [3.63, 3.8) is 0 Å². The Morgan fingerprint density at radius 1 is 1.12 bits per heavy atom. The van der Waals surface area contributed by atoms with E-state index in [1.54, 1.807) is 12.1 Å². The van der Waals surface area contributed by atoms with Gasteiger partial charge >= 0.3 is 6.03 Å². The molecule has 3 unspecified atom stereocenters. The van der Waals surface area contributed by atoms with Crippen molar-refractivity contribution in [1.29, 1.82) is 0 Å². The van der Waals surface area contributed by atoms with E-state index in [2.05, 4.69) is 34.5 Å². The summed E-state index contributed by atoms with van der Waals surface area (Å²) < 4.78 is 5.58. The van der Waals surface area contributed by atoms with Gasteiger partial charge < -0.3 is 9.84 Å². The highest BCUT2D eigenvalue weighted by atomic mass is 35.5. The second kappa shape index (κ2) is 8.98. The van der Waals surface area contributed by atoms with Crippen LogP contribution in [0.5, 0.6) is 0 Å². The number of aryl methyl sites for hydroxylation is 1. The lowest BCUT2D eigenvalue weighted by Crippen LogP contribution is -2.60. The highest BCUT2D eigenvalue weighted by Gasteiger charge is 2.45. The number of nitrogens with one attached hydrogen (secondary N) is 1. The van der Waals surface area contributed by atoms with E-state index in [0.29, 0.717) is 29.6 Å². The number of halogens is 1. The number of urea groups is 1. The van der Waals surface area contributed by atoms with Crippen molar-refractivity contribution in [3.05, 3.63) is 70.6 Å². The average Bonchev–Trinajstić information content (AvgIpc) is 3.32. The van der Waals surface area contributed by atoms with Gasteiger partial charge in [0.1, 0.15) is 0 Å². The summed E-state index contributed by atoms with van der Waals surface area (Å²) >= 11 is 6.05. The summed E-state index contributed by atoms with van der Waals surface area (Å²) in [6.07, 6.45) is 2.99. The monoisotopic (exact) mass is 464 g/mol. The summed E-state index contributed by atoms with van der Waals surface area (Å²) in [4.78, 5) is 31.8. The number of benzene rings is 2. The van der Waals surface area contributed by atoms with Crippen LogP contribution in [0.4, 0.5) is 4.79 Å². The van der Waals surface area contributed by atoms with Gasteiger partial charge in [0.2, 0.25) is 17.6 Å². The summed E-state index contributed by atoms with van der Waals surface area (Å²) in [6.45, 7) is 2.32. The van der Waals surface area contributed by atoms with Gasteiger partial charge in [-0.2, -0.15) is 4.98 Å². The molecule has 2 aromatic carbocycles. The normalized spacial score (nSPS) is 22.7. The standard InChI is InChI=1S/C25H25ClN4O3/c1-2-15-6-8-17(9-7-15)22-28-23(33-29-22)18-10-11-20-21(13-18)27-25(32)30(24(20)31)14-16-4-3-5-19(26)12-16/h3-9,12,18,20-21H,2,10-11,13-14H2,1H3,(H,27,32). The third-order valence-electron chi connectivity index (χ3n) is 6.63. The molecule has 2 heterocycles. The molecule has 170 valence electrons. The minimum Gasteiger partial charge on any atom is -0.339 e. The highest BCUT2D eigenvalue weighted by molar-refractivity contribution is 6.30. The minimum absolute atomic E-state index is 0.00925. The Labute approximate surface area is 197 Å². The zero-order valence-corrected chi connectivity index (χ0v) is 19.1. The summed E-state index contributed by atoms with van der Waals surface area (Å²) in [5.74, 6) is 0.749. The Kier molecular flexibility index (Phi) is 5.89. The molecule has 1 aromatic heterocycles. The Morgan fingerprint density at radius 2 is 1.94 bits per heavy atom. The van der Waals surface area contributed by atoms with Crippen LogP contribution in [0.3, 0.4) is 0 Å². The highest BCUT2D eigenvalue weighted by Crippen LogP contribution is 2.38. The molecule has 2 fully saturated rings. The number of rotatable bonds is 5. The molecule has 1 N–H and O–H groups in total. The Bertz CT molecular complexity index is 1180. The fourth-order valence-electron chi connectivity index (χ4n) is 4.76. The molecule has 0 bridgehead atoms. The third kappa shape index (κ3) is 4.37. The average molecular weight is 465 g/mol.